The lowest BCUT2D eigenvalue weighted by Crippen LogP contribution is -2.16. The Balaban J connectivity index is 1.89. The van der Waals surface area contributed by atoms with Crippen LogP contribution in [0.2, 0.25) is 0 Å². The normalized spacial score (nSPS) is 11.1. The van der Waals surface area contributed by atoms with Crippen LogP contribution in [0.1, 0.15) is 11.1 Å². The summed E-state index contributed by atoms with van der Waals surface area (Å²) in [5, 5.41) is 13.4. The predicted octanol–water partition coefficient (Wildman–Crippen LogP) is 4.83. The Labute approximate surface area is 166 Å². The maximum atomic E-state index is 13.5. The molecule has 0 aromatic carbocycles. The van der Waals surface area contributed by atoms with Gasteiger partial charge in [0.25, 0.3) is 0 Å². The molecule has 0 radical (unpaired) electrons. The highest BCUT2D eigenvalue weighted by atomic mass is 32.2. The zero-order valence-corrected chi connectivity index (χ0v) is 15.7. The minimum absolute atomic E-state index is 0.106. The molecule has 0 aliphatic heterocycles. The van der Waals surface area contributed by atoms with Crippen molar-refractivity contribution in [2.75, 3.05) is 11.1 Å². The first-order chi connectivity index (χ1) is 13.4. The van der Waals surface area contributed by atoms with Gasteiger partial charge in [0.15, 0.2) is 0 Å². The summed E-state index contributed by atoms with van der Waals surface area (Å²) in [4.78, 5) is 20.8. The van der Waals surface area contributed by atoms with Crippen LogP contribution in [0.4, 0.5) is 19.0 Å². The van der Waals surface area contributed by atoms with Crippen LogP contribution in [-0.2, 0) is 11.0 Å². The molecule has 3 rings (SSSR count). The van der Waals surface area contributed by atoms with Crippen molar-refractivity contribution in [3.63, 3.8) is 0 Å². The monoisotopic (exact) mass is 420 g/mol. The number of aromatic nitrogens is 2. The number of nitrogens with one attached hydrogen (secondary N) is 1. The van der Waals surface area contributed by atoms with Crippen LogP contribution in [0, 0.1) is 11.3 Å². The number of nitrogens with zero attached hydrogens (tertiary/aromatic N) is 3. The number of alkyl halides is 3. The minimum atomic E-state index is -4.72. The Hall–Kier alpha value is -2.90. The zero-order chi connectivity index (χ0) is 20.1. The number of thiophene rings is 1. The number of rotatable bonds is 5. The van der Waals surface area contributed by atoms with Crippen molar-refractivity contribution in [3.8, 4) is 16.6 Å². The van der Waals surface area contributed by atoms with E-state index in [1.54, 1.807) is 41.8 Å². The Morgan fingerprint density at radius 3 is 2.71 bits per heavy atom. The molecule has 10 heteroatoms. The van der Waals surface area contributed by atoms with Gasteiger partial charge in [-0.05, 0) is 29.6 Å². The molecular weight excluding hydrogens is 409 g/mol. The van der Waals surface area contributed by atoms with Gasteiger partial charge in [-0.15, -0.1) is 11.3 Å². The molecule has 5 nitrogen and oxygen atoms in total. The second-order valence-electron chi connectivity index (χ2n) is 5.37. The first-order valence-corrected chi connectivity index (χ1v) is 9.65. The quantitative estimate of drug-likeness (QED) is 0.599. The second kappa shape index (κ2) is 8.41. The van der Waals surface area contributed by atoms with E-state index in [-0.39, 0.29) is 16.5 Å². The van der Waals surface area contributed by atoms with Crippen LogP contribution in [0.5, 0.6) is 0 Å². The summed E-state index contributed by atoms with van der Waals surface area (Å²) in [5.41, 5.74) is -1.56. The molecule has 28 heavy (non-hydrogen) atoms. The van der Waals surface area contributed by atoms with Gasteiger partial charge in [0, 0.05) is 6.20 Å². The Bertz CT molecular complexity index is 1020. The van der Waals surface area contributed by atoms with Crippen LogP contribution in [0.15, 0.2) is 53.0 Å². The number of hydrogen-bond acceptors (Lipinski definition) is 6. The van der Waals surface area contributed by atoms with Crippen molar-refractivity contribution in [1.29, 1.82) is 5.26 Å². The van der Waals surface area contributed by atoms with Crippen molar-refractivity contribution in [2.45, 2.75) is 11.2 Å². The number of carbonyl (C=O) groups is 1. The van der Waals surface area contributed by atoms with E-state index in [1.165, 1.54) is 17.5 Å². The van der Waals surface area contributed by atoms with Gasteiger partial charge in [-0.2, -0.15) is 18.4 Å². The lowest BCUT2D eigenvalue weighted by molar-refractivity contribution is -0.138. The third-order valence-electron chi connectivity index (χ3n) is 3.45. The molecule has 1 N–H and O–H groups in total. The average Bonchev–Trinajstić information content (AvgIpc) is 3.20. The lowest BCUT2D eigenvalue weighted by Gasteiger charge is -2.13. The van der Waals surface area contributed by atoms with E-state index in [4.69, 9.17) is 0 Å². The summed E-state index contributed by atoms with van der Waals surface area (Å²) in [6, 6.07) is 10.7. The van der Waals surface area contributed by atoms with Gasteiger partial charge < -0.3 is 5.32 Å². The third kappa shape index (κ3) is 4.68. The highest BCUT2D eigenvalue weighted by Crippen LogP contribution is 2.38. The maximum absolute atomic E-state index is 13.5. The molecule has 0 unspecified atom stereocenters. The number of nitriles is 1. The molecular formula is C18H11F3N4OS2. The molecule has 0 spiro atoms. The first kappa shape index (κ1) is 19.9. The zero-order valence-electron chi connectivity index (χ0n) is 14.0. The lowest BCUT2D eigenvalue weighted by atomic mass is 10.1. The summed E-state index contributed by atoms with van der Waals surface area (Å²) in [6.45, 7) is 0. The molecule has 3 aromatic rings. The van der Waals surface area contributed by atoms with Gasteiger partial charge in [-0.3, -0.25) is 4.79 Å². The number of pyridine rings is 2. The number of halogens is 3. The molecule has 3 heterocycles. The van der Waals surface area contributed by atoms with Gasteiger partial charge >= 0.3 is 6.18 Å². The van der Waals surface area contributed by atoms with Gasteiger partial charge in [-0.25, -0.2) is 9.97 Å². The summed E-state index contributed by atoms with van der Waals surface area (Å²) >= 11 is 2.01. The molecule has 0 atom stereocenters. The summed E-state index contributed by atoms with van der Waals surface area (Å²) < 4.78 is 40.4. The molecule has 142 valence electrons. The van der Waals surface area contributed by atoms with E-state index in [2.05, 4.69) is 15.3 Å². The number of thioether (sulfide) groups is 1. The van der Waals surface area contributed by atoms with Crippen molar-refractivity contribution in [1.82, 2.24) is 9.97 Å². The molecule has 3 aromatic heterocycles. The third-order valence-corrected chi connectivity index (χ3v) is 5.32. The highest BCUT2D eigenvalue weighted by molar-refractivity contribution is 8.00. The SMILES string of the molecule is N#Cc1c(C(F)(F)F)cc(-c2cccs2)nc1SCC(=O)Nc1ccccn1. The highest BCUT2D eigenvalue weighted by Gasteiger charge is 2.36. The van der Waals surface area contributed by atoms with Crippen LogP contribution < -0.4 is 5.32 Å². The van der Waals surface area contributed by atoms with Crippen molar-refractivity contribution in [2.24, 2.45) is 0 Å². The number of hydrogen-bond donors (Lipinski definition) is 1. The Morgan fingerprint density at radius 2 is 2.11 bits per heavy atom. The topological polar surface area (TPSA) is 78.7 Å². The van der Waals surface area contributed by atoms with E-state index >= 15 is 0 Å². The van der Waals surface area contributed by atoms with Gasteiger partial charge in [0.2, 0.25) is 5.91 Å². The number of anilines is 1. The van der Waals surface area contributed by atoms with E-state index in [0.29, 0.717) is 10.7 Å². The number of amides is 1. The minimum Gasteiger partial charge on any atom is -0.310 e. The van der Waals surface area contributed by atoms with E-state index in [9.17, 15) is 23.2 Å². The standard InChI is InChI=1S/C18H11F3N4OS2/c19-18(20,21)12-8-13(14-4-3-7-27-14)24-17(11(12)9-22)28-10-16(26)25-15-5-1-2-6-23-15/h1-8H,10H2,(H,23,25,26). The Morgan fingerprint density at radius 1 is 1.29 bits per heavy atom. The Kier molecular flexibility index (Phi) is 5.96. The molecule has 0 fully saturated rings. The van der Waals surface area contributed by atoms with E-state index in [1.807, 2.05) is 0 Å². The average molecular weight is 420 g/mol. The van der Waals surface area contributed by atoms with Crippen molar-refractivity contribution in [3.05, 3.63) is 59.1 Å². The maximum Gasteiger partial charge on any atom is 0.417 e. The smallest absolute Gasteiger partial charge is 0.310 e. The molecule has 0 saturated heterocycles. The van der Waals surface area contributed by atoms with Crippen LogP contribution in [-0.4, -0.2) is 21.6 Å². The van der Waals surface area contributed by atoms with Crippen LogP contribution >= 0.6 is 23.1 Å². The van der Waals surface area contributed by atoms with Crippen LogP contribution in [0.3, 0.4) is 0 Å². The van der Waals surface area contributed by atoms with Gasteiger partial charge in [0.1, 0.15) is 16.9 Å². The van der Waals surface area contributed by atoms with E-state index < -0.39 is 23.2 Å². The predicted molar refractivity (Wildman–Crippen MR) is 101 cm³/mol. The fourth-order valence-electron chi connectivity index (χ4n) is 2.26. The van der Waals surface area contributed by atoms with Crippen LogP contribution in [0.25, 0.3) is 10.6 Å². The second-order valence-corrected chi connectivity index (χ2v) is 7.29. The number of carbonyl (C=O) groups excluding carboxylic acids is 1. The fraction of sp³-hybridized carbons (Fsp3) is 0.111. The largest absolute Gasteiger partial charge is 0.417 e. The first-order valence-electron chi connectivity index (χ1n) is 7.78. The molecule has 0 aliphatic rings. The fourth-order valence-corrected chi connectivity index (χ4v) is 3.75. The molecule has 1 amide bonds. The van der Waals surface area contributed by atoms with Crippen molar-refractivity contribution >= 4 is 34.8 Å². The summed E-state index contributed by atoms with van der Waals surface area (Å²) in [7, 11) is 0. The van der Waals surface area contributed by atoms with Gasteiger partial charge in [-0.1, -0.05) is 23.9 Å². The van der Waals surface area contributed by atoms with E-state index in [0.717, 1.165) is 17.8 Å². The summed E-state index contributed by atoms with van der Waals surface area (Å²) in [5.74, 6) is -0.363. The molecule has 0 aliphatic carbocycles. The summed E-state index contributed by atoms with van der Waals surface area (Å²) in [6.07, 6.45) is -3.22. The van der Waals surface area contributed by atoms with Gasteiger partial charge in [0.05, 0.1) is 27.5 Å². The van der Waals surface area contributed by atoms with Crippen molar-refractivity contribution < 1.29 is 18.0 Å². The molecule has 0 bridgehead atoms. The molecule has 0 saturated carbocycles.